The molecule has 0 bridgehead atoms. The molecule has 0 amide bonds. The number of methoxy groups -OCH3 is 1. The average Bonchev–Trinajstić information content (AvgIpc) is 3.15. The monoisotopic (exact) mass is 256 g/mol. The molecule has 3 heteroatoms. The number of nitrogens with zero attached hydrogens (tertiary/aromatic N) is 1. The minimum absolute atomic E-state index is 0.489. The summed E-state index contributed by atoms with van der Waals surface area (Å²) in [5.41, 5.74) is 0. The highest BCUT2D eigenvalue weighted by molar-refractivity contribution is 4.87. The Morgan fingerprint density at radius 1 is 1.33 bits per heavy atom. The van der Waals surface area contributed by atoms with Crippen LogP contribution in [0.15, 0.2) is 0 Å². The predicted octanol–water partition coefficient (Wildman–Crippen LogP) is 2.51. The highest BCUT2D eigenvalue weighted by Crippen LogP contribution is 2.27. The van der Waals surface area contributed by atoms with Gasteiger partial charge in [-0.2, -0.15) is 0 Å². The van der Waals surface area contributed by atoms with E-state index >= 15 is 0 Å². The van der Waals surface area contributed by atoms with Crippen molar-refractivity contribution < 1.29 is 4.74 Å². The molecule has 0 heterocycles. The van der Waals surface area contributed by atoms with Crippen LogP contribution in [0, 0.1) is 5.92 Å². The molecule has 3 nitrogen and oxygen atoms in total. The molecule has 0 spiro atoms. The Bertz CT molecular complexity index is 205. The van der Waals surface area contributed by atoms with Gasteiger partial charge in [0, 0.05) is 25.7 Å². The number of rotatable bonds is 11. The molecular weight excluding hydrogens is 224 g/mol. The van der Waals surface area contributed by atoms with Crippen LogP contribution in [0.4, 0.5) is 0 Å². The Morgan fingerprint density at radius 2 is 2.06 bits per heavy atom. The maximum atomic E-state index is 5.34. The van der Waals surface area contributed by atoms with E-state index in [2.05, 4.69) is 31.0 Å². The van der Waals surface area contributed by atoms with Gasteiger partial charge in [-0.1, -0.05) is 20.8 Å². The van der Waals surface area contributed by atoms with Crippen molar-refractivity contribution in [1.29, 1.82) is 0 Å². The van der Waals surface area contributed by atoms with Crippen LogP contribution in [0.25, 0.3) is 0 Å². The van der Waals surface area contributed by atoms with Gasteiger partial charge >= 0.3 is 0 Å². The first kappa shape index (κ1) is 15.9. The Balaban J connectivity index is 2.35. The second-order valence-electron chi connectivity index (χ2n) is 6.02. The quantitative estimate of drug-likeness (QED) is 0.615. The van der Waals surface area contributed by atoms with Crippen LogP contribution in [0.2, 0.25) is 0 Å². The van der Waals surface area contributed by atoms with E-state index < -0.39 is 0 Å². The van der Waals surface area contributed by atoms with Gasteiger partial charge in [-0.25, -0.2) is 0 Å². The highest BCUT2D eigenvalue weighted by atomic mass is 16.5. The van der Waals surface area contributed by atoms with Crippen LogP contribution in [-0.2, 0) is 4.74 Å². The molecule has 1 rings (SSSR count). The van der Waals surface area contributed by atoms with E-state index in [0.29, 0.717) is 6.04 Å². The minimum atomic E-state index is 0.489. The summed E-state index contributed by atoms with van der Waals surface area (Å²) in [6, 6.07) is 1.34. The third-order valence-corrected chi connectivity index (χ3v) is 3.56. The summed E-state index contributed by atoms with van der Waals surface area (Å²) >= 11 is 0. The second kappa shape index (κ2) is 8.89. The number of hydrogen-bond acceptors (Lipinski definition) is 3. The molecule has 18 heavy (non-hydrogen) atoms. The van der Waals surface area contributed by atoms with Crippen molar-refractivity contribution in [3.05, 3.63) is 0 Å². The predicted molar refractivity (Wildman–Crippen MR) is 78.0 cm³/mol. The van der Waals surface area contributed by atoms with E-state index in [4.69, 9.17) is 4.74 Å². The van der Waals surface area contributed by atoms with Crippen LogP contribution in [0.1, 0.15) is 46.5 Å². The Hall–Kier alpha value is -0.120. The zero-order valence-corrected chi connectivity index (χ0v) is 12.7. The van der Waals surface area contributed by atoms with Crippen LogP contribution >= 0.6 is 0 Å². The van der Waals surface area contributed by atoms with Crippen molar-refractivity contribution >= 4 is 0 Å². The van der Waals surface area contributed by atoms with Crippen molar-refractivity contribution in [2.24, 2.45) is 5.92 Å². The maximum absolute atomic E-state index is 5.34. The SMILES string of the molecule is CCCNC(COC)CN(CCC(C)C)C1CC1. The lowest BCUT2D eigenvalue weighted by Gasteiger charge is -2.28. The number of hydrogen-bond donors (Lipinski definition) is 1. The molecule has 0 radical (unpaired) electrons. The van der Waals surface area contributed by atoms with Crippen LogP contribution in [-0.4, -0.2) is 50.3 Å². The summed E-state index contributed by atoms with van der Waals surface area (Å²) in [6.07, 6.45) is 5.29. The van der Waals surface area contributed by atoms with Gasteiger partial charge < -0.3 is 10.1 Å². The number of ether oxygens (including phenoxy) is 1. The lowest BCUT2D eigenvalue weighted by atomic mass is 10.1. The van der Waals surface area contributed by atoms with Gasteiger partial charge in [0.15, 0.2) is 0 Å². The molecule has 1 fully saturated rings. The fourth-order valence-corrected chi connectivity index (χ4v) is 2.30. The Labute approximate surface area is 113 Å². The summed E-state index contributed by atoms with van der Waals surface area (Å²) < 4.78 is 5.34. The zero-order valence-electron chi connectivity index (χ0n) is 12.7. The van der Waals surface area contributed by atoms with Gasteiger partial charge in [0.05, 0.1) is 6.61 Å². The van der Waals surface area contributed by atoms with Crippen LogP contribution in [0.3, 0.4) is 0 Å². The standard InChI is InChI=1S/C15H32N2O/c1-5-9-16-14(12-18-4)11-17(15-6-7-15)10-8-13(2)3/h13-16H,5-12H2,1-4H3. The Morgan fingerprint density at radius 3 is 2.56 bits per heavy atom. The summed E-state index contributed by atoms with van der Waals surface area (Å²) in [6.45, 7) is 11.2. The molecule has 1 unspecified atom stereocenters. The summed E-state index contributed by atoms with van der Waals surface area (Å²) in [5.74, 6) is 0.802. The third-order valence-electron chi connectivity index (χ3n) is 3.56. The van der Waals surface area contributed by atoms with E-state index in [0.717, 1.165) is 31.7 Å². The average molecular weight is 256 g/mol. The van der Waals surface area contributed by atoms with Crippen LogP contribution in [0.5, 0.6) is 0 Å². The molecule has 0 aliphatic heterocycles. The summed E-state index contributed by atoms with van der Waals surface area (Å²) in [7, 11) is 1.80. The van der Waals surface area contributed by atoms with Gasteiger partial charge in [-0.3, -0.25) is 4.90 Å². The third kappa shape index (κ3) is 6.72. The lowest BCUT2D eigenvalue weighted by Crippen LogP contribution is -2.45. The summed E-state index contributed by atoms with van der Waals surface area (Å²) in [5, 5.41) is 3.60. The van der Waals surface area contributed by atoms with Crippen molar-refractivity contribution in [3.8, 4) is 0 Å². The van der Waals surface area contributed by atoms with Gasteiger partial charge in [0.1, 0.15) is 0 Å². The van der Waals surface area contributed by atoms with Gasteiger partial charge in [-0.15, -0.1) is 0 Å². The molecule has 0 aromatic heterocycles. The first-order chi connectivity index (χ1) is 8.67. The van der Waals surface area contributed by atoms with Gasteiger partial charge in [0.25, 0.3) is 0 Å². The van der Waals surface area contributed by atoms with Crippen molar-refractivity contribution in [3.63, 3.8) is 0 Å². The van der Waals surface area contributed by atoms with E-state index in [9.17, 15) is 0 Å². The Kier molecular flexibility index (Phi) is 7.87. The number of nitrogens with one attached hydrogen (secondary N) is 1. The molecule has 0 saturated heterocycles. The maximum Gasteiger partial charge on any atom is 0.0628 e. The molecule has 1 saturated carbocycles. The molecule has 0 aromatic carbocycles. The van der Waals surface area contributed by atoms with E-state index in [1.165, 1.54) is 32.2 Å². The molecule has 1 N–H and O–H groups in total. The zero-order chi connectivity index (χ0) is 13.4. The lowest BCUT2D eigenvalue weighted by molar-refractivity contribution is 0.132. The van der Waals surface area contributed by atoms with Crippen molar-refractivity contribution in [1.82, 2.24) is 10.2 Å². The fourth-order valence-electron chi connectivity index (χ4n) is 2.30. The smallest absolute Gasteiger partial charge is 0.0628 e. The summed E-state index contributed by atoms with van der Waals surface area (Å²) in [4.78, 5) is 2.67. The highest BCUT2D eigenvalue weighted by Gasteiger charge is 2.30. The normalized spacial score (nSPS) is 17.7. The van der Waals surface area contributed by atoms with Gasteiger partial charge in [0.2, 0.25) is 0 Å². The van der Waals surface area contributed by atoms with E-state index in [1.807, 2.05) is 0 Å². The van der Waals surface area contributed by atoms with Crippen molar-refractivity contribution in [2.75, 3.05) is 33.4 Å². The topological polar surface area (TPSA) is 24.5 Å². The van der Waals surface area contributed by atoms with Gasteiger partial charge in [-0.05, 0) is 44.7 Å². The first-order valence-corrected chi connectivity index (χ1v) is 7.63. The first-order valence-electron chi connectivity index (χ1n) is 7.63. The molecular formula is C15H32N2O. The molecule has 1 aliphatic carbocycles. The molecule has 0 aromatic rings. The largest absolute Gasteiger partial charge is 0.383 e. The molecule has 1 aliphatic rings. The van der Waals surface area contributed by atoms with Crippen LogP contribution < -0.4 is 5.32 Å². The van der Waals surface area contributed by atoms with Crippen molar-refractivity contribution in [2.45, 2.75) is 58.5 Å². The van der Waals surface area contributed by atoms with E-state index in [-0.39, 0.29) is 0 Å². The fraction of sp³-hybridized carbons (Fsp3) is 1.00. The minimum Gasteiger partial charge on any atom is -0.383 e. The second-order valence-corrected chi connectivity index (χ2v) is 6.02. The van der Waals surface area contributed by atoms with E-state index in [1.54, 1.807) is 7.11 Å². The molecule has 108 valence electrons. The molecule has 1 atom stereocenters.